The molecule has 0 radical (unpaired) electrons. The fourth-order valence-corrected chi connectivity index (χ4v) is 6.51. The molecule has 0 N–H and O–H groups in total. The van der Waals surface area contributed by atoms with Crippen LogP contribution < -0.4 is 15.2 Å². The quantitative estimate of drug-likeness (QED) is 0.278. The molecule has 4 aromatic rings. The number of ether oxygens (including phenoxy) is 1. The number of benzene rings is 2. The van der Waals surface area contributed by atoms with Crippen LogP contribution in [-0.2, 0) is 17.6 Å². The van der Waals surface area contributed by atoms with Crippen LogP contribution in [0.5, 0.6) is 5.75 Å². The highest BCUT2D eigenvalue weighted by Gasteiger charge is 2.24. The van der Waals surface area contributed by atoms with Gasteiger partial charge in [-0.1, -0.05) is 36.0 Å². The van der Waals surface area contributed by atoms with E-state index in [1.807, 2.05) is 54.6 Å². The molecule has 1 aliphatic carbocycles. The summed E-state index contributed by atoms with van der Waals surface area (Å²) in [6.07, 6.45) is 4.15. The van der Waals surface area contributed by atoms with E-state index in [9.17, 15) is 9.59 Å². The van der Waals surface area contributed by atoms with Crippen molar-refractivity contribution in [2.24, 2.45) is 0 Å². The predicted octanol–water partition coefficient (Wildman–Crippen LogP) is 5.09. The Bertz CT molecular complexity index is 1410. The highest BCUT2D eigenvalue weighted by molar-refractivity contribution is 7.99. The smallest absolute Gasteiger partial charge is 0.267 e. The monoisotopic (exact) mass is 491 g/mol. The average molecular weight is 492 g/mol. The molecule has 0 saturated heterocycles. The number of fused-ring (bicyclic) bond motifs is 3. The second kappa shape index (κ2) is 9.64. The molecule has 0 saturated carbocycles. The Labute approximate surface area is 206 Å². The number of thioether (sulfide) groups is 1. The van der Waals surface area contributed by atoms with Gasteiger partial charge in [-0.3, -0.25) is 14.2 Å². The van der Waals surface area contributed by atoms with E-state index >= 15 is 0 Å². The average Bonchev–Trinajstić information content (AvgIpc) is 3.26. The van der Waals surface area contributed by atoms with Crippen LogP contribution >= 0.6 is 23.1 Å². The van der Waals surface area contributed by atoms with Crippen molar-refractivity contribution in [1.29, 1.82) is 0 Å². The molecule has 2 aromatic heterocycles. The SMILES string of the molecule is COc1cccc(-n2c(SCC(=O)N(C)c3ccccc3)nc3sc4c(c3c2=O)CCCC4)c1. The minimum absolute atomic E-state index is 0.0618. The normalized spacial score (nSPS) is 13.0. The third-order valence-corrected chi connectivity index (χ3v) is 8.22. The number of methoxy groups -OCH3 is 1. The summed E-state index contributed by atoms with van der Waals surface area (Å²) in [6, 6.07) is 16.9. The summed E-state index contributed by atoms with van der Waals surface area (Å²) in [5, 5.41) is 1.23. The molecule has 1 amide bonds. The van der Waals surface area contributed by atoms with Crippen LogP contribution in [0, 0.1) is 0 Å². The van der Waals surface area contributed by atoms with Crippen LogP contribution in [0.2, 0.25) is 0 Å². The lowest BCUT2D eigenvalue weighted by Crippen LogP contribution is -2.28. The van der Waals surface area contributed by atoms with Gasteiger partial charge in [0.1, 0.15) is 10.6 Å². The summed E-state index contributed by atoms with van der Waals surface area (Å²) in [7, 11) is 3.36. The second-order valence-electron chi connectivity index (χ2n) is 8.20. The second-order valence-corrected chi connectivity index (χ2v) is 10.2. The van der Waals surface area contributed by atoms with E-state index in [0.29, 0.717) is 16.6 Å². The number of anilines is 1. The summed E-state index contributed by atoms with van der Waals surface area (Å²) in [4.78, 5) is 35.4. The Morgan fingerprint density at radius 1 is 1.15 bits per heavy atom. The number of aromatic nitrogens is 2. The molecule has 1 aliphatic rings. The van der Waals surface area contributed by atoms with Crippen molar-refractivity contribution >= 4 is 44.9 Å². The van der Waals surface area contributed by atoms with E-state index in [2.05, 4.69) is 0 Å². The van der Waals surface area contributed by atoms with Crippen molar-refractivity contribution in [2.75, 3.05) is 24.8 Å². The number of rotatable bonds is 6. The minimum Gasteiger partial charge on any atom is -0.497 e. The number of para-hydroxylation sites is 1. The molecule has 0 aliphatic heterocycles. The molecule has 8 heteroatoms. The lowest BCUT2D eigenvalue weighted by Gasteiger charge is -2.18. The van der Waals surface area contributed by atoms with Crippen molar-refractivity contribution in [3.05, 3.63) is 75.4 Å². The maximum atomic E-state index is 13.9. The van der Waals surface area contributed by atoms with Gasteiger partial charge in [0.2, 0.25) is 5.91 Å². The summed E-state index contributed by atoms with van der Waals surface area (Å²) >= 11 is 2.91. The zero-order valence-electron chi connectivity index (χ0n) is 19.1. The van der Waals surface area contributed by atoms with E-state index in [-0.39, 0.29) is 17.2 Å². The first-order valence-electron chi connectivity index (χ1n) is 11.2. The van der Waals surface area contributed by atoms with E-state index in [1.54, 1.807) is 35.0 Å². The molecule has 0 unspecified atom stereocenters. The Kier molecular flexibility index (Phi) is 6.43. The van der Waals surface area contributed by atoms with Gasteiger partial charge in [-0.05, 0) is 55.5 Å². The molecule has 0 spiro atoms. The number of carbonyl (C=O) groups is 1. The van der Waals surface area contributed by atoms with E-state index in [4.69, 9.17) is 9.72 Å². The summed E-state index contributed by atoms with van der Waals surface area (Å²) in [6.45, 7) is 0. The highest BCUT2D eigenvalue weighted by atomic mass is 32.2. The summed E-state index contributed by atoms with van der Waals surface area (Å²) < 4.78 is 7.03. The standard InChI is InChI=1S/C26H25N3O3S2/c1-28(17-9-4-3-5-10-17)22(30)16-33-26-27-24-23(20-13-6-7-14-21(20)34-24)25(31)29(26)18-11-8-12-19(15-18)32-2/h3-5,8-12,15H,6-7,13-14,16H2,1-2H3. The van der Waals surface area contributed by atoms with Crippen LogP contribution in [-0.4, -0.2) is 35.4 Å². The molecular weight excluding hydrogens is 466 g/mol. The number of thiophene rings is 1. The molecule has 6 nitrogen and oxygen atoms in total. The van der Waals surface area contributed by atoms with Crippen LogP contribution in [0.3, 0.4) is 0 Å². The number of nitrogens with zero attached hydrogens (tertiary/aromatic N) is 3. The highest BCUT2D eigenvalue weighted by Crippen LogP contribution is 2.35. The zero-order valence-corrected chi connectivity index (χ0v) is 20.7. The van der Waals surface area contributed by atoms with Gasteiger partial charge in [0, 0.05) is 23.7 Å². The van der Waals surface area contributed by atoms with E-state index < -0.39 is 0 Å². The fourth-order valence-electron chi connectivity index (χ4n) is 4.28. The summed E-state index contributed by atoms with van der Waals surface area (Å²) in [5.74, 6) is 0.763. The van der Waals surface area contributed by atoms with Crippen molar-refractivity contribution < 1.29 is 9.53 Å². The molecule has 2 aromatic carbocycles. The Balaban J connectivity index is 1.57. The van der Waals surface area contributed by atoms with Gasteiger partial charge in [0.25, 0.3) is 5.56 Å². The minimum atomic E-state index is -0.0796. The van der Waals surface area contributed by atoms with Gasteiger partial charge in [0.05, 0.1) is 23.9 Å². The Hall–Kier alpha value is -3.10. The van der Waals surface area contributed by atoms with Crippen LogP contribution in [0.1, 0.15) is 23.3 Å². The molecule has 0 bridgehead atoms. The molecular formula is C26H25N3O3S2. The summed E-state index contributed by atoms with van der Waals surface area (Å²) in [5.41, 5.74) is 2.58. The van der Waals surface area contributed by atoms with E-state index in [0.717, 1.165) is 47.2 Å². The molecule has 0 atom stereocenters. The maximum Gasteiger partial charge on any atom is 0.267 e. The van der Waals surface area contributed by atoms with Crippen molar-refractivity contribution in [3.63, 3.8) is 0 Å². The van der Waals surface area contributed by atoms with Crippen LogP contribution in [0.4, 0.5) is 5.69 Å². The number of aryl methyl sites for hydroxylation is 2. The van der Waals surface area contributed by atoms with Gasteiger partial charge >= 0.3 is 0 Å². The number of hydrogen-bond acceptors (Lipinski definition) is 6. The molecule has 174 valence electrons. The van der Waals surface area contributed by atoms with Gasteiger partial charge < -0.3 is 9.64 Å². The van der Waals surface area contributed by atoms with Crippen molar-refractivity contribution in [1.82, 2.24) is 9.55 Å². The maximum absolute atomic E-state index is 13.9. The van der Waals surface area contributed by atoms with Crippen LogP contribution in [0.25, 0.3) is 15.9 Å². The van der Waals surface area contributed by atoms with Crippen LogP contribution in [0.15, 0.2) is 64.5 Å². The number of amides is 1. The molecule has 34 heavy (non-hydrogen) atoms. The van der Waals surface area contributed by atoms with Gasteiger partial charge in [-0.2, -0.15) is 0 Å². The third-order valence-electron chi connectivity index (χ3n) is 6.11. The Morgan fingerprint density at radius 2 is 1.94 bits per heavy atom. The van der Waals surface area contributed by atoms with Crippen molar-refractivity contribution in [3.8, 4) is 11.4 Å². The first kappa shape index (κ1) is 22.7. The van der Waals surface area contributed by atoms with Gasteiger partial charge in [0.15, 0.2) is 5.16 Å². The molecule has 0 fully saturated rings. The number of carbonyl (C=O) groups excluding carboxylic acids is 1. The lowest BCUT2D eigenvalue weighted by atomic mass is 9.97. The zero-order chi connectivity index (χ0) is 23.7. The predicted molar refractivity (Wildman–Crippen MR) is 139 cm³/mol. The third kappa shape index (κ3) is 4.23. The molecule has 5 rings (SSSR count). The van der Waals surface area contributed by atoms with E-state index in [1.165, 1.54) is 16.6 Å². The molecule has 2 heterocycles. The largest absolute Gasteiger partial charge is 0.497 e. The first-order valence-corrected chi connectivity index (χ1v) is 13.0. The number of hydrogen-bond donors (Lipinski definition) is 0. The lowest BCUT2D eigenvalue weighted by molar-refractivity contribution is -0.115. The Morgan fingerprint density at radius 3 is 2.74 bits per heavy atom. The topological polar surface area (TPSA) is 64.4 Å². The first-order chi connectivity index (χ1) is 16.6. The van der Waals surface area contributed by atoms with Gasteiger partial charge in [-0.15, -0.1) is 11.3 Å². The van der Waals surface area contributed by atoms with Gasteiger partial charge in [-0.25, -0.2) is 4.98 Å². The van der Waals surface area contributed by atoms with Crippen molar-refractivity contribution in [2.45, 2.75) is 30.8 Å². The fraction of sp³-hybridized carbons (Fsp3) is 0.269.